The van der Waals surface area contributed by atoms with Crippen molar-refractivity contribution in [2.24, 2.45) is 0 Å². The van der Waals surface area contributed by atoms with E-state index in [4.69, 9.17) is 0 Å². The van der Waals surface area contributed by atoms with Crippen molar-refractivity contribution in [3.63, 3.8) is 0 Å². The second-order valence-corrected chi connectivity index (χ2v) is 5.54. The lowest BCUT2D eigenvalue weighted by atomic mass is 9.95. The third-order valence-corrected chi connectivity index (χ3v) is 4.28. The van der Waals surface area contributed by atoms with Crippen LogP contribution in [0.5, 0.6) is 0 Å². The smallest absolute Gasteiger partial charge is 0.246 e. The Balaban J connectivity index is 1.83. The van der Waals surface area contributed by atoms with Crippen LogP contribution in [0.3, 0.4) is 0 Å². The van der Waals surface area contributed by atoms with E-state index < -0.39 is 0 Å². The molecule has 5 heteroatoms. The molecule has 0 aliphatic carbocycles. The van der Waals surface area contributed by atoms with Crippen molar-refractivity contribution in [1.29, 1.82) is 0 Å². The summed E-state index contributed by atoms with van der Waals surface area (Å²) in [7, 11) is 0. The summed E-state index contributed by atoms with van der Waals surface area (Å²) in [5, 5.41) is 0. The Labute approximate surface area is 118 Å². The van der Waals surface area contributed by atoms with Crippen LogP contribution in [0.2, 0.25) is 0 Å². The van der Waals surface area contributed by atoms with E-state index in [1.165, 1.54) is 0 Å². The fourth-order valence-corrected chi connectivity index (χ4v) is 3.11. The fraction of sp³-hybridized carbons (Fsp3) is 0.533. The minimum absolute atomic E-state index is 0.0864. The molecule has 2 aliphatic rings. The molecule has 2 fully saturated rings. The van der Waals surface area contributed by atoms with E-state index in [1.807, 2.05) is 19.1 Å². The number of carbonyl (C=O) groups excluding carboxylic acids is 2. The molecule has 0 spiro atoms. The second kappa shape index (κ2) is 5.23. The summed E-state index contributed by atoms with van der Waals surface area (Å²) in [5.41, 5.74) is 1.01. The Morgan fingerprint density at radius 3 is 2.70 bits per heavy atom. The second-order valence-electron chi connectivity index (χ2n) is 5.54. The van der Waals surface area contributed by atoms with E-state index in [-0.39, 0.29) is 23.9 Å². The lowest BCUT2D eigenvalue weighted by Gasteiger charge is -2.46. The Hall–Kier alpha value is -1.91. The zero-order valence-electron chi connectivity index (χ0n) is 11.7. The molecular weight excluding hydrogens is 254 g/mol. The van der Waals surface area contributed by atoms with Gasteiger partial charge in [0.1, 0.15) is 12.1 Å². The minimum Gasteiger partial charge on any atom is -0.329 e. The first-order valence-corrected chi connectivity index (χ1v) is 7.18. The molecule has 2 amide bonds. The van der Waals surface area contributed by atoms with Gasteiger partial charge in [-0.15, -0.1) is 0 Å². The summed E-state index contributed by atoms with van der Waals surface area (Å²) in [5.74, 6) is 0.178. The number of piperazine rings is 1. The molecule has 1 aromatic heterocycles. The van der Waals surface area contributed by atoms with Gasteiger partial charge >= 0.3 is 0 Å². The van der Waals surface area contributed by atoms with Gasteiger partial charge in [0.05, 0.1) is 0 Å². The van der Waals surface area contributed by atoms with Crippen LogP contribution in [0.25, 0.3) is 0 Å². The maximum absolute atomic E-state index is 12.6. The standard InChI is InChI=1S/C15H19N3O2/c1-11-14(19)17-9-3-2-4-13(17)15(20)18(11)10-12-5-7-16-8-6-12/h5-8,11,13H,2-4,9-10H2,1H3. The first kappa shape index (κ1) is 13.1. The van der Waals surface area contributed by atoms with Gasteiger partial charge in [0.2, 0.25) is 11.8 Å². The fourth-order valence-electron chi connectivity index (χ4n) is 3.11. The molecule has 0 radical (unpaired) electrons. The van der Waals surface area contributed by atoms with Crippen molar-refractivity contribution in [1.82, 2.24) is 14.8 Å². The number of hydrogen-bond acceptors (Lipinski definition) is 3. The molecule has 0 aromatic carbocycles. The highest BCUT2D eigenvalue weighted by molar-refractivity contribution is 5.96. The quantitative estimate of drug-likeness (QED) is 0.813. The number of aromatic nitrogens is 1. The Kier molecular flexibility index (Phi) is 3.42. The number of nitrogens with zero attached hydrogens (tertiary/aromatic N) is 3. The number of rotatable bonds is 2. The van der Waals surface area contributed by atoms with Crippen LogP contribution in [-0.2, 0) is 16.1 Å². The summed E-state index contributed by atoms with van der Waals surface area (Å²) in [6, 6.07) is 3.16. The molecule has 2 atom stereocenters. The van der Waals surface area contributed by atoms with Crippen LogP contribution in [0.15, 0.2) is 24.5 Å². The molecular formula is C15H19N3O2. The highest BCUT2D eigenvalue weighted by Gasteiger charge is 2.44. The van der Waals surface area contributed by atoms with Gasteiger partial charge in [-0.05, 0) is 43.9 Å². The SMILES string of the molecule is CC1C(=O)N2CCCCC2C(=O)N1Cc1ccncc1. The van der Waals surface area contributed by atoms with E-state index in [1.54, 1.807) is 22.2 Å². The normalized spacial score (nSPS) is 26.6. The molecule has 0 N–H and O–H groups in total. The topological polar surface area (TPSA) is 53.5 Å². The zero-order valence-corrected chi connectivity index (χ0v) is 11.7. The number of piperidine rings is 1. The molecule has 3 heterocycles. The zero-order chi connectivity index (χ0) is 14.1. The summed E-state index contributed by atoms with van der Waals surface area (Å²) in [6.45, 7) is 3.04. The average Bonchev–Trinajstić information content (AvgIpc) is 2.50. The maximum atomic E-state index is 12.6. The van der Waals surface area contributed by atoms with Gasteiger partial charge in [-0.1, -0.05) is 0 Å². The van der Waals surface area contributed by atoms with Crippen LogP contribution in [-0.4, -0.2) is 45.2 Å². The van der Waals surface area contributed by atoms with Gasteiger partial charge in [0.15, 0.2) is 0 Å². The summed E-state index contributed by atoms with van der Waals surface area (Å²) >= 11 is 0. The summed E-state index contributed by atoms with van der Waals surface area (Å²) < 4.78 is 0. The number of amides is 2. The highest BCUT2D eigenvalue weighted by Crippen LogP contribution is 2.27. The molecule has 20 heavy (non-hydrogen) atoms. The average molecular weight is 273 g/mol. The van der Waals surface area contributed by atoms with Gasteiger partial charge in [-0.3, -0.25) is 14.6 Å². The number of pyridine rings is 1. The third-order valence-electron chi connectivity index (χ3n) is 4.28. The molecule has 0 saturated carbocycles. The molecule has 5 nitrogen and oxygen atoms in total. The molecule has 106 valence electrons. The van der Waals surface area contributed by atoms with Crippen molar-refractivity contribution >= 4 is 11.8 Å². The van der Waals surface area contributed by atoms with Crippen LogP contribution in [0.1, 0.15) is 31.7 Å². The van der Waals surface area contributed by atoms with Gasteiger partial charge in [0, 0.05) is 25.5 Å². The predicted octanol–water partition coefficient (Wildman–Crippen LogP) is 1.19. The molecule has 1 aromatic rings. The number of hydrogen-bond donors (Lipinski definition) is 0. The highest BCUT2D eigenvalue weighted by atomic mass is 16.2. The lowest BCUT2D eigenvalue weighted by molar-refractivity contribution is -0.163. The van der Waals surface area contributed by atoms with Gasteiger partial charge < -0.3 is 9.80 Å². The third kappa shape index (κ3) is 2.17. The van der Waals surface area contributed by atoms with E-state index in [9.17, 15) is 9.59 Å². The van der Waals surface area contributed by atoms with Crippen LogP contribution in [0.4, 0.5) is 0 Å². The number of fused-ring (bicyclic) bond motifs is 1. The Morgan fingerprint density at radius 1 is 1.20 bits per heavy atom. The Bertz CT molecular complexity index is 517. The Morgan fingerprint density at radius 2 is 1.95 bits per heavy atom. The summed E-state index contributed by atoms with van der Waals surface area (Å²) in [4.78, 5) is 32.5. The van der Waals surface area contributed by atoms with Gasteiger partial charge in [-0.2, -0.15) is 0 Å². The van der Waals surface area contributed by atoms with E-state index in [2.05, 4.69) is 4.98 Å². The first-order valence-electron chi connectivity index (χ1n) is 7.18. The van der Waals surface area contributed by atoms with E-state index in [0.717, 1.165) is 31.4 Å². The van der Waals surface area contributed by atoms with Gasteiger partial charge in [-0.25, -0.2) is 0 Å². The summed E-state index contributed by atoms with van der Waals surface area (Å²) in [6.07, 6.45) is 6.25. The molecule has 2 unspecified atom stereocenters. The van der Waals surface area contributed by atoms with Crippen LogP contribution >= 0.6 is 0 Å². The monoisotopic (exact) mass is 273 g/mol. The lowest BCUT2D eigenvalue weighted by Crippen LogP contribution is -2.64. The van der Waals surface area contributed by atoms with Crippen molar-refractivity contribution in [2.75, 3.05) is 6.54 Å². The molecule has 2 saturated heterocycles. The predicted molar refractivity (Wildman–Crippen MR) is 73.6 cm³/mol. The molecule has 2 aliphatic heterocycles. The maximum Gasteiger partial charge on any atom is 0.246 e. The number of carbonyl (C=O) groups is 2. The van der Waals surface area contributed by atoms with Crippen LogP contribution in [0, 0.1) is 0 Å². The van der Waals surface area contributed by atoms with Crippen molar-refractivity contribution in [2.45, 2.75) is 44.8 Å². The van der Waals surface area contributed by atoms with E-state index >= 15 is 0 Å². The molecule has 3 rings (SSSR count). The van der Waals surface area contributed by atoms with Crippen molar-refractivity contribution in [3.05, 3.63) is 30.1 Å². The molecule has 0 bridgehead atoms. The first-order chi connectivity index (χ1) is 9.68. The van der Waals surface area contributed by atoms with Crippen molar-refractivity contribution < 1.29 is 9.59 Å². The minimum atomic E-state index is -0.370. The van der Waals surface area contributed by atoms with Crippen molar-refractivity contribution in [3.8, 4) is 0 Å². The van der Waals surface area contributed by atoms with Crippen LogP contribution < -0.4 is 0 Å². The van der Waals surface area contributed by atoms with Gasteiger partial charge in [0.25, 0.3) is 0 Å². The largest absolute Gasteiger partial charge is 0.329 e. The van der Waals surface area contributed by atoms with E-state index in [0.29, 0.717) is 6.54 Å².